The minimum atomic E-state index is -0.493. The Kier molecular flexibility index (Phi) is 4.02. The fourth-order valence-electron chi connectivity index (χ4n) is 1.74. The second-order valence-corrected chi connectivity index (χ2v) is 3.84. The Labute approximate surface area is 74.9 Å². The van der Waals surface area contributed by atoms with Crippen molar-refractivity contribution in [1.29, 1.82) is 0 Å². The number of hydrogen-bond acceptors (Lipinski definition) is 2. The van der Waals surface area contributed by atoms with Crippen LogP contribution in [0, 0.1) is 0 Å². The number of aliphatic hydroxyl groups is 1. The van der Waals surface area contributed by atoms with E-state index in [1.54, 1.807) is 0 Å². The average Bonchev–Trinajstić information content (AvgIpc) is 2.06. The van der Waals surface area contributed by atoms with Crippen molar-refractivity contribution in [3.63, 3.8) is 0 Å². The Morgan fingerprint density at radius 2 is 2.25 bits per heavy atom. The lowest BCUT2D eigenvalue weighted by atomic mass is 9.91. The molecule has 0 aromatic heterocycles. The molecule has 0 spiro atoms. The first-order valence-electron chi connectivity index (χ1n) is 5.07. The molecule has 2 heteroatoms. The first-order chi connectivity index (χ1) is 5.77. The molecule has 12 heavy (non-hydrogen) atoms. The lowest BCUT2D eigenvalue weighted by molar-refractivity contribution is -0.0906. The van der Waals surface area contributed by atoms with Gasteiger partial charge in [0.2, 0.25) is 0 Å². The van der Waals surface area contributed by atoms with E-state index in [4.69, 9.17) is 4.74 Å². The van der Waals surface area contributed by atoms with Crippen molar-refractivity contribution in [2.45, 2.75) is 51.0 Å². The summed E-state index contributed by atoms with van der Waals surface area (Å²) in [4.78, 5) is 0. The topological polar surface area (TPSA) is 29.5 Å². The van der Waals surface area contributed by atoms with Crippen LogP contribution in [0.3, 0.4) is 0 Å². The first-order valence-corrected chi connectivity index (χ1v) is 5.07. The van der Waals surface area contributed by atoms with Gasteiger partial charge >= 0.3 is 0 Å². The van der Waals surface area contributed by atoms with Crippen molar-refractivity contribution in [3.05, 3.63) is 0 Å². The van der Waals surface area contributed by atoms with Crippen LogP contribution in [0.5, 0.6) is 0 Å². The Morgan fingerprint density at radius 3 is 2.83 bits per heavy atom. The standard InChI is InChI=1S/C10H20O2/c1-2-3-4-6-10(11)7-5-8-12-9-10/h11H,2-9H2,1H3. The van der Waals surface area contributed by atoms with Crippen molar-refractivity contribution in [1.82, 2.24) is 0 Å². The van der Waals surface area contributed by atoms with Gasteiger partial charge < -0.3 is 9.84 Å². The summed E-state index contributed by atoms with van der Waals surface area (Å²) in [5.41, 5.74) is -0.493. The summed E-state index contributed by atoms with van der Waals surface area (Å²) >= 11 is 0. The molecular weight excluding hydrogens is 152 g/mol. The van der Waals surface area contributed by atoms with Gasteiger partial charge in [0.25, 0.3) is 0 Å². The highest BCUT2D eigenvalue weighted by atomic mass is 16.5. The normalized spacial score (nSPS) is 30.5. The maximum atomic E-state index is 9.97. The molecule has 1 rings (SSSR count). The van der Waals surface area contributed by atoms with Gasteiger partial charge in [0.15, 0.2) is 0 Å². The zero-order valence-corrected chi connectivity index (χ0v) is 8.01. The van der Waals surface area contributed by atoms with Crippen LogP contribution in [0.15, 0.2) is 0 Å². The van der Waals surface area contributed by atoms with Crippen LogP contribution in [-0.2, 0) is 4.74 Å². The molecule has 1 fully saturated rings. The van der Waals surface area contributed by atoms with Crippen LogP contribution in [0.2, 0.25) is 0 Å². The summed E-state index contributed by atoms with van der Waals surface area (Å²) in [6.45, 7) is 3.56. The molecule has 2 nitrogen and oxygen atoms in total. The average molecular weight is 172 g/mol. The van der Waals surface area contributed by atoms with Crippen LogP contribution >= 0.6 is 0 Å². The zero-order chi connectivity index (χ0) is 8.86. The quantitative estimate of drug-likeness (QED) is 0.658. The largest absolute Gasteiger partial charge is 0.387 e. The maximum absolute atomic E-state index is 9.97. The van der Waals surface area contributed by atoms with Crippen molar-refractivity contribution in [3.8, 4) is 0 Å². The molecule has 0 aliphatic carbocycles. The summed E-state index contributed by atoms with van der Waals surface area (Å²) in [7, 11) is 0. The Balaban J connectivity index is 2.17. The number of ether oxygens (including phenoxy) is 1. The summed E-state index contributed by atoms with van der Waals surface area (Å²) < 4.78 is 5.27. The first kappa shape index (κ1) is 10.0. The summed E-state index contributed by atoms with van der Waals surface area (Å²) in [5, 5.41) is 9.97. The highest BCUT2D eigenvalue weighted by Gasteiger charge is 2.28. The number of hydrogen-bond donors (Lipinski definition) is 1. The van der Waals surface area contributed by atoms with Crippen LogP contribution in [0.4, 0.5) is 0 Å². The smallest absolute Gasteiger partial charge is 0.0881 e. The lowest BCUT2D eigenvalue weighted by Crippen LogP contribution is -2.38. The molecule has 0 aromatic rings. The van der Waals surface area contributed by atoms with Crippen LogP contribution in [-0.4, -0.2) is 23.9 Å². The predicted molar refractivity (Wildman–Crippen MR) is 49.1 cm³/mol. The van der Waals surface area contributed by atoms with Crippen molar-refractivity contribution in [2.24, 2.45) is 0 Å². The Bertz CT molecular complexity index is 117. The number of rotatable bonds is 4. The van der Waals surface area contributed by atoms with E-state index in [0.717, 1.165) is 32.3 Å². The fraction of sp³-hybridized carbons (Fsp3) is 1.00. The SMILES string of the molecule is CCCCCC1(O)CCCOC1. The lowest BCUT2D eigenvalue weighted by Gasteiger charge is -2.31. The van der Waals surface area contributed by atoms with E-state index in [2.05, 4.69) is 6.92 Å². The molecule has 1 atom stereocenters. The molecule has 1 heterocycles. The van der Waals surface area contributed by atoms with Gasteiger partial charge in [0.1, 0.15) is 0 Å². The third-order valence-electron chi connectivity index (χ3n) is 2.55. The third-order valence-corrected chi connectivity index (χ3v) is 2.55. The van der Waals surface area contributed by atoms with E-state index in [0.29, 0.717) is 6.61 Å². The van der Waals surface area contributed by atoms with Crippen LogP contribution in [0.1, 0.15) is 45.4 Å². The number of unbranched alkanes of at least 4 members (excludes halogenated alkanes) is 2. The van der Waals surface area contributed by atoms with Gasteiger partial charge in [-0.1, -0.05) is 26.2 Å². The van der Waals surface area contributed by atoms with Crippen molar-refractivity contribution < 1.29 is 9.84 Å². The molecule has 0 aromatic carbocycles. The molecular formula is C10H20O2. The van der Waals surface area contributed by atoms with Gasteiger partial charge in [-0.3, -0.25) is 0 Å². The molecule has 0 amide bonds. The molecule has 1 aliphatic rings. The molecule has 0 radical (unpaired) electrons. The van der Waals surface area contributed by atoms with Gasteiger partial charge in [-0.05, 0) is 19.3 Å². The molecule has 1 N–H and O–H groups in total. The van der Waals surface area contributed by atoms with Crippen molar-refractivity contribution in [2.75, 3.05) is 13.2 Å². The van der Waals surface area contributed by atoms with Gasteiger partial charge in [-0.2, -0.15) is 0 Å². The predicted octanol–water partition coefficient (Wildman–Crippen LogP) is 2.11. The monoisotopic (exact) mass is 172 g/mol. The van der Waals surface area contributed by atoms with E-state index in [9.17, 15) is 5.11 Å². The molecule has 0 saturated carbocycles. The van der Waals surface area contributed by atoms with E-state index in [1.807, 2.05) is 0 Å². The molecule has 72 valence electrons. The zero-order valence-electron chi connectivity index (χ0n) is 8.01. The van der Waals surface area contributed by atoms with Crippen LogP contribution < -0.4 is 0 Å². The van der Waals surface area contributed by atoms with Gasteiger partial charge in [-0.15, -0.1) is 0 Å². The van der Waals surface area contributed by atoms with Gasteiger partial charge in [-0.25, -0.2) is 0 Å². The van der Waals surface area contributed by atoms with E-state index >= 15 is 0 Å². The van der Waals surface area contributed by atoms with Gasteiger partial charge in [0, 0.05) is 6.61 Å². The minimum Gasteiger partial charge on any atom is -0.387 e. The summed E-state index contributed by atoms with van der Waals surface area (Å²) in [6.07, 6.45) is 6.44. The van der Waals surface area contributed by atoms with E-state index in [1.165, 1.54) is 12.8 Å². The Morgan fingerprint density at radius 1 is 1.42 bits per heavy atom. The second-order valence-electron chi connectivity index (χ2n) is 3.84. The maximum Gasteiger partial charge on any atom is 0.0881 e. The third kappa shape index (κ3) is 3.11. The molecule has 1 aliphatic heterocycles. The molecule has 1 unspecified atom stereocenters. The van der Waals surface area contributed by atoms with E-state index < -0.39 is 5.60 Å². The van der Waals surface area contributed by atoms with Crippen molar-refractivity contribution >= 4 is 0 Å². The second kappa shape index (κ2) is 4.83. The van der Waals surface area contributed by atoms with Crippen LogP contribution in [0.25, 0.3) is 0 Å². The molecule has 1 saturated heterocycles. The fourth-order valence-corrected chi connectivity index (χ4v) is 1.74. The molecule has 0 bridgehead atoms. The Hall–Kier alpha value is -0.0800. The minimum absolute atomic E-state index is 0.493. The summed E-state index contributed by atoms with van der Waals surface area (Å²) in [5.74, 6) is 0. The highest BCUT2D eigenvalue weighted by Crippen LogP contribution is 2.24. The highest BCUT2D eigenvalue weighted by molar-refractivity contribution is 4.80. The van der Waals surface area contributed by atoms with Gasteiger partial charge in [0.05, 0.1) is 12.2 Å². The summed E-state index contributed by atoms with van der Waals surface area (Å²) in [6, 6.07) is 0. The van der Waals surface area contributed by atoms with E-state index in [-0.39, 0.29) is 0 Å².